The summed E-state index contributed by atoms with van der Waals surface area (Å²) in [5, 5.41) is 17.2. The average molecular weight is 488 g/mol. The van der Waals surface area contributed by atoms with Gasteiger partial charge in [0.05, 0.1) is 16.2 Å². The van der Waals surface area contributed by atoms with Gasteiger partial charge in [-0.25, -0.2) is 0 Å². The first kappa shape index (κ1) is 19.7. The Bertz CT molecular complexity index is 1030. The zero-order valence-electron chi connectivity index (χ0n) is 15.0. The minimum Gasteiger partial charge on any atom is -0.355 e. The van der Waals surface area contributed by atoms with Gasteiger partial charge in [0.25, 0.3) is 11.6 Å². The maximum absolute atomic E-state index is 12.8. The molecule has 0 aliphatic rings. The van der Waals surface area contributed by atoms with Crippen LogP contribution in [0.4, 0.5) is 17.1 Å². The second kappa shape index (κ2) is 8.79. The molecule has 0 spiro atoms. The molecule has 0 aliphatic heterocycles. The van der Waals surface area contributed by atoms with Gasteiger partial charge in [-0.05, 0) is 77.0 Å². The lowest BCUT2D eigenvalue weighted by Gasteiger charge is -2.14. The van der Waals surface area contributed by atoms with E-state index in [1.807, 2.05) is 25.1 Å². The maximum Gasteiger partial charge on any atom is 0.270 e. The monoisotopic (exact) mass is 488 g/mol. The number of nitrogens with one attached hydrogen (secondary N) is 2. The molecule has 7 nitrogen and oxygen atoms in total. The summed E-state index contributed by atoms with van der Waals surface area (Å²) >= 11 is 2.23. The first-order valence-electron chi connectivity index (χ1n) is 8.43. The van der Waals surface area contributed by atoms with Gasteiger partial charge in [0.15, 0.2) is 0 Å². The maximum atomic E-state index is 12.8. The Kier molecular flexibility index (Phi) is 6.19. The number of amides is 1. The van der Waals surface area contributed by atoms with Gasteiger partial charge in [-0.2, -0.15) is 0 Å². The van der Waals surface area contributed by atoms with Crippen LogP contribution in [0.1, 0.15) is 21.5 Å². The number of aryl methyl sites for hydroxylation is 1. The Morgan fingerprint density at radius 3 is 2.50 bits per heavy atom. The quantitative estimate of drug-likeness (QED) is 0.301. The van der Waals surface area contributed by atoms with Gasteiger partial charge >= 0.3 is 0 Å². The fraction of sp³-hybridized carbons (Fsp3) is 0.100. The molecule has 0 saturated carbocycles. The van der Waals surface area contributed by atoms with E-state index in [2.05, 4.69) is 38.2 Å². The molecule has 3 rings (SSSR count). The summed E-state index contributed by atoms with van der Waals surface area (Å²) in [6.45, 7) is 2.26. The molecule has 142 valence electrons. The third-order valence-corrected chi connectivity index (χ3v) is 4.79. The lowest BCUT2D eigenvalue weighted by atomic mass is 10.1. The fourth-order valence-corrected chi connectivity index (χ4v) is 3.28. The number of hydrogen-bond acceptors (Lipinski definition) is 5. The van der Waals surface area contributed by atoms with Gasteiger partial charge < -0.3 is 10.6 Å². The van der Waals surface area contributed by atoms with Crippen LogP contribution in [0, 0.1) is 20.6 Å². The SMILES string of the molecule is Cc1cc(I)ccc1Nc1ccc([N+](=O)[O-])cc1C(=O)NCc1ccncc1. The number of rotatable bonds is 6. The van der Waals surface area contributed by atoms with Crippen molar-refractivity contribution >= 4 is 45.6 Å². The molecule has 0 fully saturated rings. The van der Waals surface area contributed by atoms with Crippen molar-refractivity contribution in [2.75, 3.05) is 5.32 Å². The molecule has 0 atom stereocenters. The van der Waals surface area contributed by atoms with Crippen molar-refractivity contribution in [2.24, 2.45) is 0 Å². The summed E-state index contributed by atoms with van der Waals surface area (Å²) < 4.78 is 1.10. The highest BCUT2D eigenvalue weighted by atomic mass is 127. The van der Waals surface area contributed by atoms with E-state index in [1.165, 1.54) is 12.1 Å². The number of nitrogens with zero attached hydrogens (tertiary/aromatic N) is 2. The summed E-state index contributed by atoms with van der Waals surface area (Å²) in [6, 6.07) is 13.7. The molecule has 0 bridgehead atoms. The molecule has 2 N–H and O–H groups in total. The number of nitro groups is 1. The Balaban J connectivity index is 1.89. The fourth-order valence-electron chi connectivity index (χ4n) is 2.63. The van der Waals surface area contributed by atoms with E-state index >= 15 is 0 Å². The lowest BCUT2D eigenvalue weighted by molar-refractivity contribution is -0.384. The molecule has 28 heavy (non-hydrogen) atoms. The van der Waals surface area contributed by atoms with E-state index in [9.17, 15) is 14.9 Å². The highest BCUT2D eigenvalue weighted by molar-refractivity contribution is 14.1. The summed E-state index contributed by atoms with van der Waals surface area (Å²) in [4.78, 5) is 27.3. The number of halogens is 1. The number of hydrogen-bond donors (Lipinski definition) is 2. The molecule has 1 amide bonds. The van der Waals surface area contributed by atoms with Gasteiger partial charge in [0.2, 0.25) is 0 Å². The van der Waals surface area contributed by atoms with Gasteiger partial charge in [-0.15, -0.1) is 0 Å². The van der Waals surface area contributed by atoms with E-state index in [-0.39, 0.29) is 11.3 Å². The first-order chi connectivity index (χ1) is 13.4. The van der Waals surface area contributed by atoms with Crippen LogP contribution in [0.15, 0.2) is 60.9 Å². The third kappa shape index (κ3) is 4.83. The van der Waals surface area contributed by atoms with E-state index < -0.39 is 10.8 Å². The zero-order chi connectivity index (χ0) is 20.1. The standard InChI is InChI=1S/C20H17IN4O3/c1-13-10-15(21)2-4-18(13)24-19-5-3-16(25(27)28)11-17(19)20(26)23-12-14-6-8-22-9-7-14/h2-11,24H,12H2,1H3,(H,23,26). The van der Waals surface area contributed by atoms with E-state index in [4.69, 9.17) is 0 Å². The molecule has 8 heteroatoms. The third-order valence-electron chi connectivity index (χ3n) is 4.12. The molecule has 0 radical (unpaired) electrons. The van der Waals surface area contributed by atoms with Crippen LogP contribution in [0.3, 0.4) is 0 Å². The topological polar surface area (TPSA) is 97.2 Å². The largest absolute Gasteiger partial charge is 0.355 e. The predicted molar refractivity (Wildman–Crippen MR) is 116 cm³/mol. The Morgan fingerprint density at radius 2 is 1.82 bits per heavy atom. The number of non-ortho nitro benzene ring substituents is 1. The minimum absolute atomic E-state index is 0.140. The molecule has 0 aliphatic carbocycles. The number of aromatic nitrogens is 1. The van der Waals surface area contributed by atoms with Crippen LogP contribution in [0.5, 0.6) is 0 Å². The highest BCUT2D eigenvalue weighted by Gasteiger charge is 2.17. The van der Waals surface area contributed by atoms with Crippen molar-refractivity contribution in [1.29, 1.82) is 0 Å². The first-order valence-corrected chi connectivity index (χ1v) is 9.50. The number of anilines is 2. The summed E-state index contributed by atoms with van der Waals surface area (Å²) in [6.07, 6.45) is 3.28. The van der Waals surface area contributed by atoms with Crippen LogP contribution < -0.4 is 10.6 Å². The summed E-state index contributed by atoms with van der Waals surface area (Å²) in [5.74, 6) is -0.397. The van der Waals surface area contributed by atoms with E-state index in [0.717, 1.165) is 20.4 Å². The number of nitro benzene ring substituents is 1. The summed E-state index contributed by atoms with van der Waals surface area (Å²) in [7, 11) is 0. The molecule has 3 aromatic rings. The molecular weight excluding hydrogens is 471 g/mol. The Morgan fingerprint density at radius 1 is 1.11 bits per heavy atom. The Hall–Kier alpha value is -3.01. The van der Waals surface area contributed by atoms with Gasteiger partial charge in [0, 0.05) is 40.3 Å². The van der Waals surface area contributed by atoms with E-state index in [1.54, 1.807) is 30.6 Å². The average Bonchev–Trinajstić information content (AvgIpc) is 2.69. The number of pyridine rings is 1. The smallest absolute Gasteiger partial charge is 0.270 e. The van der Waals surface area contributed by atoms with Crippen molar-refractivity contribution in [2.45, 2.75) is 13.5 Å². The van der Waals surface area contributed by atoms with Crippen LogP contribution in [-0.4, -0.2) is 15.8 Å². The predicted octanol–water partition coefficient (Wildman–Crippen LogP) is 4.58. The second-order valence-corrected chi connectivity index (χ2v) is 7.36. The molecule has 1 aromatic heterocycles. The normalized spacial score (nSPS) is 10.4. The molecule has 0 saturated heterocycles. The van der Waals surface area contributed by atoms with Crippen LogP contribution in [0.25, 0.3) is 0 Å². The van der Waals surface area contributed by atoms with Crippen molar-refractivity contribution in [3.63, 3.8) is 0 Å². The van der Waals surface area contributed by atoms with Crippen LogP contribution in [0.2, 0.25) is 0 Å². The zero-order valence-corrected chi connectivity index (χ0v) is 17.1. The molecule has 1 heterocycles. The number of carbonyl (C=O) groups excluding carboxylic acids is 1. The second-order valence-electron chi connectivity index (χ2n) is 6.11. The lowest BCUT2D eigenvalue weighted by Crippen LogP contribution is -2.23. The Labute approximate surface area is 175 Å². The number of carbonyl (C=O) groups is 1. The van der Waals surface area contributed by atoms with E-state index in [0.29, 0.717) is 12.2 Å². The molecule has 2 aromatic carbocycles. The van der Waals surface area contributed by atoms with Crippen molar-refractivity contribution < 1.29 is 9.72 Å². The molecular formula is C20H17IN4O3. The van der Waals surface area contributed by atoms with Gasteiger partial charge in [0.1, 0.15) is 0 Å². The van der Waals surface area contributed by atoms with Crippen molar-refractivity contribution in [3.05, 3.63) is 91.3 Å². The van der Waals surface area contributed by atoms with Crippen LogP contribution in [-0.2, 0) is 6.54 Å². The summed E-state index contributed by atoms with van der Waals surface area (Å²) in [5.41, 5.74) is 3.30. The highest BCUT2D eigenvalue weighted by Crippen LogP contribution is 2.28. The minimum atomic E-state index is -0.514. The van der Waals surface area contributed by atoms with Gasteiger partial charge in [-0.1, -0.05) is 0 Å². The van der Waals surface area contributed by atoms with Gasteiger partial charge in [-0.3, -0.25) is 19.9 Å². The number of benzene rings is 2. The van der Waals surface area contributed by atoms with Crippen molar-refractivity contribution in [3.8, 4) is 0 Å². The van der Waals surface area contributed by atoms with Crippen molar-refractivity contribution in [1.82, 2.24) is 10.3 Å². The van der Waals surface area contributed by atoms with Crippen LogP contribution >= 0.6 is 22.6 Å². The molecule has 0 unspecified atom stereocenters.